The standard InChI is InChI=1S/C16H20BrNOS/c1-4-8-18-16(15-10-14(17)11(2)20-15)12-6-5-7-13(9-12)19-3/h5-7,9-10,16,18H,4,8H2,1-3H3. The number of methoxy groups -OCH3 is 1. The number of rotatable bonds is 6. The van der Waals surface area contributed by atoms with Gasteiger partial charge >= 0.3 is 0 Å². The maximum atomic E-state index is 5.34. The minimum Gasteiger partial charge on any atom is -0.497 e. The first kappa shape index (κ1) is 15.5. The summed E-state index contributed by atoms with van der Waals surface area (Å²) in [4.78, 5) is 2.64. The van der Waals surface area contributed by atoms with E-state index in [0.717, 1.165) is 18.7 Å². The van der Waals surface area contributed by atoms with Crippen molar-refractivity contribution in [3.63, 3.8) is 0 Å². The second kappa shape index (κ2) is 7.25. The smallest absolute Gasteiger partial charge is 0.119 e. The van der Waals surface area contributed by atoms with Crippen molar-refractivity contribution in [2.45, 2.75) is 26.3 Å². The molecule has 0 saturated heterocycles. The summed E-state index contributed by atoms with van der Waals surface area (Å²) >= 11 is 5.44. The van der Waals surface area contributed by atoms with Crippen molar-refractivity contribution in [1.29, 1.82) is 0 Å². The van der Waals surface area contributed by atoms with Crippen molar-refractivity contribution >= 4 is 27.3 Å². The molecule has 1 heterocycles. The molecule has 0 aliphatic carbocycles. The molecule has 108 valence electrons. The molecule has 0 aliphatic rings. The summed E-state index contributed by atoms with van der Waals surface area (Å²) in [7, 11) is 1.71. The Morgan fingerprint density at radius 1 is 1.35 bits per heavy atom. The summed E-state index contributed by atoms with van der Waals surface area (Å²) in [5.41, 5.74) is 1.24. The lowest BCUT2D eigenvalue weighted by atomic mass is 10.0. The fraction of sp³-hybridized carbons (Fsp3) is 0.375. The van der Waals surface area contributed by atoms with Crippen LogP contribution in [-0.2, 0) is 0 Å². The van der Waals surface area contributed by atoms with Crippen LogP contribution in [0.4, 0.5) is 0 Å². The fourth-order valence-electron chi connectivity index (χ4n) is 2.12. The summed E-state index contributed by atoms with van der Waals surface area (Å²) in [5, 5.41) is 3.63. The maximum absolute atomic E-state index is 5.34. The first-order valence-electron chi connectivity index (χ1n) is 6.79. The molecular formula is C16H20BrNOS. The monoisotopic (exact) mass is 353 g/mol. The van der Waals surface area contributed by atoms with Crippen molar-refractivity contribution in [2.75, 3.05) is 13.7 Å². The summed E-state index contributed by atoms with van der Waals surface area (Å²) in [6, 6.07) is 10.7. The van der Waals surface area contributed by atoms with Crippen LogP contribution in [0, 0.1) is 6.92 Å². The quantitative estimate of drug-likeness (QED) is 0.795. The number of benzene rings is 1. The molecule has 1 unspecified atom stereocenters. The topological polar surface area (TPSA) is 21.3 Å². The van der Waals surface area contributed by atoms with Gasteiger partial charge in [0.05, 0.1) is 13.2 Å². The van der Waals surface area contributed by atoms with Gasteiger partial charge in [-0.25, -0.2) is 0 Å². The highest BCUT2D eigenvalue weighted by Gasteiger charge is 2.17. The molecule has 20 heavy (non-hydrogen) atoms. The average molecular weight is 354 g/mol. The predicted octanol–water partition coefficient (Wildman–Crippen LogP) is 4.92. The van der Waals surface area contributed by atoms with E-state index in [1.807, 2.05) is 23.5 Å². The normalized spacial score (nSPS) is 12.4. The molecule has 1 N–H and O–H groups in total. The molecule has 1 atom stereocenters. The van der Waals surface area contributed by atoms with E-state index in [0.29, 0.717) is 0 Å². The molecule has 0 radical (unpaired) electrons. The van der Waals surface area contributed by atoms with Crippen molar-refractivity contribution in [2.24, 2.45) is 0 Å². The molecular weight excluding hydrogens is 334 g/mol. The number of hydrogen-bond donors (Lipinski definition) is 1. The maximum Gasteiger partial charge on any atom is 0.119 e. The van der Waals surface area contributed by atoms with Crippen molar-refractivity contribution < 1.29 is 4.74 Å². The second-order valence-corrected chi connectivity index (χ2v) is 6.86. The number of nitrogens with one attached hydrogen (secondary N) is 1. The van der Waals surface area contributed by atoms with E-state index < -0.39 is 0 Å². The molecule has 0 fully saturated rings. The zero-order valence-electron chi connectivity index (χ0n) is 12.1. The third kappa shape index (κ3) is 3.62. The molecule has 0 amide bonds. The van der Waals surface area contributed by atoms with E-state index in [-0.39, 0.29) is 6.04 Å². The Labute approximate surface area is 133 Å². The van der Waals surface area contributed by atoms with Gasteiger partial charge in [0.1, 0.15) is 5.75 Å². The molecule has 2 rings (SSSR count). The molecule has 2 nitrogen and oxygen atoms in total. The zero-order chi connectivity index (χ0) is 14.5. The van der Waals surface area contributed by atoms with Crippen molar-refractivity contribution in [3.05, 3.63) is 50.1 Å². The van der Waals surface area contributed by atoms with Gasteiger partial charge < -0.3 is 10.1 Å². The number of halogens is 1. The Hall–Kier alpha value is -0.840. The van der Waals surface area contributed by atoms with Gasteiger partial charge in [0.2, 0.25) is 0 Å². The van der Waals surface area contributed by atoms with Crippen LogP contribution in [0.2, 0.25) is 0 Å². The largest absolute Gasteiger partial charge is 0.497 e. The Bertz CT molecular complexity index is 548. The third-order valence-corrected chi connectivity index (χ3v) is 5.39. The van der Waals surface area contributed by atoms with Gasteiger partial charge in [0.15, 0.2) is 0 Å². The molecule has 4 heteroatoms. The van der Waals surface area contributed by atoms with Crippen LogP contribution in [0.25, 0.3) is 0 Å². The Morgan fingerprint density at radius 3 is 2.75 bits per heavy atom. The number of hydrogen-bond acceptors (Lipinski definition) is 3. The van der Waals surface area contributed by atoms with Crippen LogP contribution in [0.5, 0.6) is 5.75 Å². The molecule has 0 aliphatic heterocycles. The molecule has 2 aromatic rings. The van der Waals surface area contributed by atoms with E-state index in [9.17, 15) is 0 Å². The lowest BCUT2D eigenvalue weighted by Crippen LogP contribution is -2.22. The highest BCUT2D eigenvalue weighted by Crippen LogP contribution is 2.34. The van der Waals surface area contributed by atoms with E-state index in [4.69, 9.17) is 4.74 Å². The van der Waals surface area contributed by atoms with Gasteiger partial charge in [0, 0.05) is 14.2 Å². The van der Waals surface area contributed by atoms with Crippen LogP contribution >= 0.6 is 27.3 Å². The lowest BCUT2D eigenvalue weighted by molar-refractivity contribution is 0.413. The number of thiophene rings is 1. The summed E-state index contributed by atoms with van der Waals surface area (Å²) in [6.07, 6.45) is 1.12. The average Bonchev–Trinajstić information content (AvgIpc) is 2.79. The van der Waals surface area contributed by atoms with Gasteiger partial charge in [-0.2, -0.15) is 0 Å². The first-order valence-corrected chi connectivity index (χ1v) is 8.39. The third-order valence-electron chi connectivity index (χ3n) is 3.19. The Kier molecular flexibility index (Phi) is 5.64. The zero-order valence-corrected chi connectivity index (χ0v) is 14.5. The van der Waals surface area contributed by atoms with Gasteiger partial charge in [0.25, 0.3) is 0 Å². The van der Waals surface area contributed by atoms with Crippen LogP contribution in [0.15, 0.2) is 34.8 Å². The molecule has 0 spiro atoms. The molecule has 0 bridgehead atoms. The van der Waals surface area contributed by atoms with Gasteiger partial charge in [-0.05, 0) is 59.6 Å². The van der Waals surface area contributed by atoms with E-state index in [1.165, 1.54) is 19.8 Å². The predicted molar refractivity (Wildman–Crippen MR) is 89.9 cm³/mol. The van der Waals surface area contributed by atoms with Gasteiger partial charge in [-0.15, -0.1) is 11.3 Å². The lowest BCUT2D eigenvalue weighted by Gasteiger charge is -2.18. The number of aryl methyl sites for hydroxylation is 1. The van der Waals surface area contributed by atoms with Crippen LogP contribution in [0.3, 0.4) is 0 Å². The minimum absolute atomic E-state index is 0.222. The van der Waals surface area contributed by atoms with Crippen molar-refractivity contribution in [3.8, 4) is 5.75 Å². The van der Waals surface area contributed by atoms with Crippen LogP contribution < -0.4 is 10.1 Å². The van der Waals surface area contributed by atoms with Crippen molar-refractivity contribution in [1.82, 2.24) is 5.32 Å². The van der Waals surface area contributed by atoms with E-state index >= 15 is 0 Å². The Balaban J connectivity index is 2.35. The fourth-order valence-corrected chi connectivity index (χ4v) is 3.78. The van der Waals surface area contributed by atoms with E-state index in [2.05, 4.69) is 53.3 Å². The molecule has 1 aromatic heterocycles. The Morgan fingerprint density at radius 2 is 2.15 bits per heavy atom. The summed E-state index contributed by atoms with van der Waals surface area (Å²) in [6.45, 7) is 5.32. The van der Waals surface area contributed by atoms with Gasteiger partial charge in [-0.1, -0.05) is 19.1 Å². The van der Waals surface area contributed by atoms with E-state index in [1.54, 1.807) is 7.11 Å². The highest BCUT2D eigenvalue weighted by molar-refractivity contribution is 9.10. The highest BCUT2D eigenvalue weighted by atomic mass is 79.9. The minimum atomic E-state index is 0.222. The first-order chi connectivity index (χ1) is 9.65. The SMILES string of the molecule is CCCNC(c1cccc(OC)c1)c1cc(Br)c(C)s1. The number of ether oxygens (including phenoxy) is 1. The molecule has 1 aromatic carbocycles. The van der Waals surface area contributed by atoms with Gasteiger partial charge in [-0.3, -0.25) is 0 Å². The molecule has 0 saturated carbocycles. The van der Waals surface area contributed by atoms with Crippen LogP contribution in [-0.4, -0.2) is 13.7 Å². The van der Waals surface area contributed by atoms with Crippen LogP contribution in [0.1, 0.15) is 34.7 Å². The summed E-state index contributed by atoms with van der Waals surface area (Å²) in [5.74, 6) is 0.901. The second-order valence-electron chi connectivity index (χ2n) is 4.72. The summed E-state index contributed by atoms with van der Waals surface area (Å²) < 4.78 is 6.52.